The van der Waals surface area contributed by atoms with Crippen molar-refractivity contribution in [2.24, 2.45) is 10.2 Å². The van der Waals surface area contributed by atoms with E-state index in [0.717, 1.165) is 0 Å². The van der Waals surface area contributed by atoms with E-state index < -0.39 is 17.4 Å². The average Bonchev–Trinajstić information content (AvgIpc) is 2.18. The molecule has 0 spiro atoms. The molecule has 0 atom stereocenters. The fraction of sp³-hybridized carbons (Fsp3) is 0.100. The number of carbonyl (C=O) groups excluding carboxylic acids is 1. The van der Waals surface area contributed by atoms with E-state index in [1.165, 1.54) is 6.92 Å². The van der Waals surface area contributed by atoms with E-state index in [9.17, 15) is 9.90 Å². The monoisotopic (exact) mass is 228 g/mol. The molecule has 0 saturated heterocycles. The SMILES string of the molecule is C/C(O)=C(\N=Nc1ccccc1)C(=O)[O-].[Na+]. The summed E-state index contributed by atoms with van der Waals surface area (Å²) in [5.41, 5.74) is -0.0728. The fourth-order valence-electron chi connectivity index (χ4n) is 0.863. The first-order valence-electron chi connectivity index (χ1n) is 4.19. The van der Waals surface area contributed by atoms with E-state index in [4.69, 9.17) is 5.11 Å². The summed E-state index contributed by atoms with van der Waals surface area (Å²) in [6.45, 7) is 1.20. The number of azo groups is 1. The molecule has 5 nitrogen and oxygen atoms in total. The maximum Gasteiger partial charge on any atom is 1.00 e. The number of hydrogen-bond acceptors (Lipinski definition) is 5. The zero-order valence-electron chi connectivity index (χ0n) is 9.04. The number of hydrogen-bond donors (Lipinski definition) is 1. The number of aliphatic hydroxyl groups is 1. The molecule has 0 aliphatic heterocycles. The summed E-state index contributed by atoms with van der Waals surface area (Å²) >= 11 is 0. The van der Waals surface area contributed by atoms with Crippen LogP contribution in [-0.4, -0.2) is 11.1 Å². The van der Waals surface area contributed by atoms with Gasteiger partial charge in [-0.3, -0.25) is 0 Å². The van der Waals surface area contributed by atoms with Gasteiger partial charge in [-0.1, -0.05) is 18.2 Å². The number of carbonyl (C=O) groups is 1. The Labute approximate surface area is 115 Å². The van der Waals surface area contributed by atoms with Crippen molar-refractivity contribution < 1.29 is 44.6 Å². The van der Waals surface area contributed by atoms with E-state index in [-0.39, 0.29) is 29.6 Å². The number of aliphatic carboxylic acids is 1. The minimum atomic E-state index is -1.56. The molecule has 1 aromatic carbocycles. The molecular weight excluding hydrogens is 219 g/mol. The molecule has 0 amide bonds. The minimum Gasteiger partial charge on any atom is -0.543 e. The van der Waals surface area contributed by atoms with Crippen LogP contribution < -0.4 is 34.7 Å². The Morgan fingerprint density at radius 1 is 1.31 bits per heavy atom. The van der Waals surface area contributed by atoms with Crippen molar-refractivity contribution in [2.45, 2.75) is 6.92 Å². The number of carboxylic acids is 1. The normalized spacial score (nSPS) is 11.8. The van der Waals surface area contributed by atoms with Gasteiger partial charge in [0.15, 0.2) is 0 Å². The Kier molecular flexibility index (Phi) is 6.64. The zero-order chi connectivity index (χ0) is 11.3. The van der Waals surface area contributed by atoms with Crippen molar-refractivity contribution in [3.8, 4) is 0 Å². The zero-order valence-corrected chi connectivity index (χ0v) is 11.0. The van der Waals surface area contributed by atoms with E-state index in [1.54, 1.807) is 30.3 Å². The molecule has 16 heavy (non-hydrogen) atoms. The third kappa shape index (κ3) is 4.57. The molecule has 1 N–H and O–H groups in total. The van der Waals surface area contributed by atoms with Gasteiger partial charge in [0.2, 0.25) is 0 Å². The molecule has 0 unspecified atom stereocenters. The largest absolute Gasteiger partial charge is 1.00 e. The van der Waals surface area contributed by atoms with Gasteiger partial charge in [-0.15, -0.1) is 5.11 Å². The number of rotatable bonds is 3. The van der Waals surface area contributed by atoms with Crippen LogP contribution in [0.3, 0.4) is 0 Å². The van der Waals surface area contributed by atoms with Crippen LogP contribution in [0.4, 0.5) is 5.69 Å². The van der Waals surface area contributed by atoms with Crippen LogP contribution in [0.2, 0.25) is 0 Å². The number of aliphatic hydroxyl groups excluding tert-OH is 1. The second-order valence-electron chi connectivity index (χ2n) is 2.76. The van der Waals surface area contributed by atoms with Gasteiger partial charge >= 0.3 is 29.6 Å². The summed E-state index contributed by atoms with van der Waals surface area (Å²) in [6, 6.07) is 8.59. The van der Waals surface area contributed by atoms with Crippen molar-refractivity contribution in [2.75, 3.05) is 0 Å². The molecule has 6 heteroatoms. The number of carboxylic acid groups (broad SMARTS) is 1. The standard InChI is InChI=1S/C10H10N2O3.Na/c1-7(13)9(10(14)15)12-11-8-5-3-2-4-6-8;/h2-6,13H,1H3,(H,14,15);/q;+1/p-1/b9-7+,12-11?;. The third-order valence-electron chi connectivity index (χ3n) is 1.56. The van der Waals surface area contributed by atoms with Gasteiger partial charge in [0.05, 0.1) is 11.7 Å². The van der Waals surface area contributed by atoms with Crippen molar-refractivity contribution in [3.05, 3.63) is 41.8 Å². The van der Waals surface area contributed by atoms with E-state index in [0.29, 0.717) is 5.69 Å². The van der Waals surface area contributed by atoms with Gasteiger partial charge in [0.1, 0.15) is 11.5 Å². The van der Waals surface area contributed by atoms with Crippen LogP contribution in [0.1, 0.15) is 6.92 Å². The molecule has 1 aromatic rings. The Bertz CT molecular complexity index is 411. The van der Waals surface area contributed by atoms with Crippen LogP contribution in [0.25, 0.3) is 0 Å². The molecular formula is C10H9N2NaO3. The third-order valence-corrected chi connectivity index (χ3v) is 1.56. The Hall–Kier alpha value is -1.17. The smallest absolute Gasteiger partial charge is 0.543 e. The average molecular weight is 228 g/mol. The molecule has 0 heterocycles. The summed E-state index contributed by atoms with van der Waals surface area (Å²) < 4.78 is 0. The van der Waals surface area contributed by atoms with Crippen molar-refractivity contribution in [1.29, 1.82) is 0 Å². The molecule has 78 valence electrons. The van der Waals surface area contributed by atoms with Crippen molar-refractivity contribution >= 4 is 11.7 Å². The van der Waals surface area contributed by atoms with Crippen LogP contribution in [0, 0.1) is 0 Å². The van der Waals surface area contributed by atoms with E-state index in [2.05, 4.69) is 10.2 Å². The summed E-state index contributed by atoms with van der Waals surface area (Å²) in [5, 5.41) is 26.5. The van der Waals surface area contributed by atoms with Crippen LogP contribution in [0.5, 0.6) is 0 Å². The Morgan fingerprint density at radius 3 is 2.31 bits per heavy atom. The number of benzene rings is 1. The molecule has 0 radical (unpaired) electrons. The van der Waals surface area contributed by atoms with Crippen LogP contribution in [0.15, 0.2) is 52.0 Å². The summed E-state index contributed by atoms with van der Waals surface area (Å²) in [7, 11) is 0. The van der Waals surface area contributed by atoms with Crippen LogP contribution in [-0.2, 0) is 4.79 Å². The minimum absolute atomic E-state index is 0. The topological polar surface area (TPSA) is 85.1 Å². The Morgan fingerprint density at radius 2 is 1.88 bits per heavy atom. The fourth-order valence-corrected chi connectivity index (χ4v) is 0.863. The molecule has 0 bridgehead atoms. The van der Waals surface area contributed by atoms with Crippen molar-refractivity contribution in [3.63, 3.8) is 0 Å². The van der Waals surface area contributed by atoms with Gasteiger partial charge < -0.3 is 15.0 Å². The molecule has 0 saturated carbocycles. The van der Waals surface area contributed by atoms with E-state index >= 15 is 0 Å². The van der Waals surface area contributed by atoms with Gasteiger partial charge in [-0.2, -0.15) is 5.11 Å². The van der Waals surface area contributed by atoms with Crippen LogP contribution >= 0.6 is 0 Å². The first kappa shape index (κ1) is 14.8. The van der Waals surface area contributed by atoms with Gasteiger partial charge in [-0.25, -0.2) is 0 Å². The first-order chi connectivity index (χ1) is 7.11. The molecule has 0 aliphatic rings. The Balaban J connectivity index is 0.00000225. The summed E-state index contributed by atoms with van der Waals surface area (Å²) in [6.07, 6.45) is 0. The van der Waals surface area contributed by atoms with Gasteiger partial charge in [-0.05, 0) is 19.1 Å². The second kappa shape index (κ2) is 7.16. The predicted octanol–water partition coefficient (Wildman–Crippen LogP) is -1.69. The van der Waals surface area contributed by atoms with E-state index in [1.807, 2.05) is 0 Å². The predicted molar refractivity (Wildman–Crippen MR) is 51.3 cm³/mol. The number of nitrogens with zero attached hydrogens (tertiary/aromatic N) is 2. The molecule has 0 aromatic heterocycles. The molecule has 0 aliphatic carbocycles. The van der Waals surface area contributed by atoms with Gasteiger partial charge in [0.25, 0.3) is 0 Å². The maximum absolute atomic E-state index is 10.5. The summed E-state index contributed by atoms with van der Waals surface area (Å²) in [4.78, 5) is 10.5. The summed E-state index contributed by atoms with van der Waals surface area (Å²) in [5.74, 6) is -2.00. The maximum atomic E-state index is 10.5. The molecule has 0 fully saturated rings. The van der Waals surface area contributed by atoms with Crippen molar-refractivity contribution in [1.82, 2.24) is 0 Å². The quantitative estimate of drug-likeness (QED) is 0.290. The van der Waals surface area contributed by atoms with Gasteiger partial charge in [0, 0.05) is 0 Å². The first-order valence-corrected chi connectivity index (χ1v) is 4.19. The molecule has 1 rings (SSSR count). The second-order valence-corrected chi connectivity index (χ2v) is 2.76. The number of allylic oxidation sites excluding steroid dienone is 1.